The Bertz CT molecular complexity index is 414. The van der Waals surface area contributed by atoms with Crippen LogP contribution in [-0.2, 0) is 6.42 Å². The van der Waals surface area contributed by atoms with E-state index in [-0.39, 0.29) is 0 Å². The first-order chi connectivity index (χ1) is 10.2. The summed E-state index contributed by atoms with van der Waals surface area (Å²) in [5, 5.41) is 3.50. The van der Waals surface area contributed by atoms with Crippen molar-refractivity contribution in [3.05, 3.63) is 29.8 Å². The summed E-state index contributed by atoms with van der Waals surface area (Å²) in [6, 6.07) is 10.3. The lowest BCUT2D eigenvalue weighted by Gasteiger charge is -2.37. The van der Waals surface area contributed by atoms with Crippen LogP contribution in [0, 0.1) is 0 Å². The molecule has 0 spiro atoms. The van der Waals surface area contributed by atoms with Gasteiger partial charge in [-0.05, 0) is 50.8 Å². The van der Waals surface area contributed by atoms with Crippen LogP contribution in [0.15, 0.2) is 24.3 Å². The minimum atomic E-state index is 0.621. The fourth-order valence-corrected chi connectivity index (χ4v) is 3.25. The van der Waals surface area contributed by atoms with Gasteiger partial charge in [-0.25, -0.2) is 0 Å². The molecule has 1 heterocycles. The summed E-state index contributed by atoms with van der Waals surface area (Å²) in [4.78, 5) is 2.63. The van der Waals surface area contributed by atoms with Crippen LogP contribution >= 0.6 is 0 Å². The number of nitrogens with one attached hydrogen (secondary N) is 1. The first-order valence-electron chi connectivity index (χ1n) is 8.76. The van der Waals surface area contributed by atoms with Gasteiger partial charge in [-0.15, -0.1) is 0 Å². The van der Waals surface area contributed by atoms with Gasteiger partial charge in [0.2, 0.25) is 0 Å². The van der Waals surface area contributed by atoms with E-state index in [1.165, 1.54) is 62.9 Å². The molecule has 118 valence electrons. The number of para-hydroxylation sites is 1. The zero-order valence-electron chi connectivity index (χ0n) is 14.1. The highest BCUT2D eigenvalue weighted by atomic mass is 15.2. The molecule has 1 aliphatic rings. The predicted octanol–water partition coefficient (Wildman–Crippen LogP) is 4.39. The van der Waals surface area contributed by atoms with Gasteiger partial charge in [-0.1, -0.05) is 44.9 Å². The average molecular weight is 288 g/mol. The van der Waals surface area contributed by atoms with Gasteiger partial charge in [0.05, 0.1) is 0 Å². The molecule has 2 rings (SSSR count). The van der Waals surface area contributed by atoms with Crippen molar-refractivity contribution in [1.29, 1.82) is 0 Å². The summed E-state index contributed by atoms with van der Waals surface area (Å²) < 4.78 is 0. The number of nitrogens with zero attached hydrogens (tertiary/aromatic N) is 1. The van der Waals surface area contributed by atoms with Crippen LogP contribution in [0.25, 0.3) is 0 Å². The predicted molar refractivity (Wildman–Crippen MR) is 93.2 cm³/mol. The molecule has 1 N–H and O–H groups in total. The highest BCUT2D eigenvalue weighted by Crippen LogP contribution is 2.30. The summed E-state index contributed by atoms with van der Waals surface area (Å²) in [6.07, 6.45) is 7.88. The van der Waals surface area contributed by atoms with Gasteiger partial charge in [0, 0.05) is 24.3 Å². The van der Waals surface area contributed by atoms with E-state index in [0.29, 0.717) is 12.1 Å². The number of rotatable bonds is 8. The van der Waals surface area contributed by atoms with Crippen LogP contribution in [0.3, 0.4) is 0 Å². The molecule has 0 aromatic heterocycles. The normalized spacial score (nSPS) is 18.1. The maximum absolute atomic E-state index is 3.50. The molecule has 1 unspecified atom stereocenters. The van der Waals surface area contributed by atoms with Gasteiger partial charge in [-0.2, -0.15) is 0 Å². The minimum Gasteiger partial charge on any atom is -0.369 e. The van der Waals surface area contributed by atoms with Gasteiger partial charge in [0.15, 0.2) is 0 Å². The van der Waals surface area contributed by atoms with E-state index in [1.54, 1.807) is 0 Å². The molecule has 2 heteroatoms. The molecule has 1 aromatic rings. The lowest BCUT2D eigenvalue weighted by atomic mass is 9.96. The second-order valence-corrected chi connectivity index (χ2v) is 6.73. The van der Waals surface area contributed by atoms with Crippen molar-refractivity contribution < 1.29 is 0 Å². The Morgan fingerprint density at radius 3 is 2.71 bits per heavy atom. The van der Waals surface area contributed by atoms with Crippen molar-refractivity contribution in [1.82, 2.24) is 5.32 Å². The maximum Gasteiger partial charge on any atom is 0.0401 e. The topological polar surface area (TPSA) is 15.3 Å². The molecule has 1 atom stereocenters. The SMILES string of the molecule is CC(C)NCCCCCCN1c2ccccc2CCC1C. The second kappa shape index (κ2) is 8.43. The second-order valence-electron chi connectivity index (χ2n) is 6.73. The number of anilines is 1. The maximum atomic E-state index is 3.50. The number of hydrogen-bond donors (Lipinski definition) is 1. The third-order valence-electron chi connectivity index (χ3n) is 4.54. The fraction of sp³-hybridized carbons (Fsp3) is 0.684. The number of unbranched alkanes of at least 4 members (excludes halogenated alkanes) is 3. The van der Waals surface area contributed by atoms with Crippen molar-refractivity contribution >= 4 is 5.69 Å². The van der Waals surface area contributed by atoms with E-state index in [1.807, 2.05) is 0 Å². The fourth-order valence-electron chi connectivity index (χ4n) is 3.25. The molecule has 21 heavy (non-hydrogen) atoms. The number of hydrogen-bond acceptors (Lipinski definition) is 2. The Hall–Kier alpha value is -1.02. The van der Waals surface area contributed by atoms with E-state index >= 15 is 0 Å². The van der Waals surface area contributed by atoms with Crippen molar-refractivity contribution in [3.8, 4) is 0 Å². The summed E-state index contributed by atoms with van der Waals surface area (Å²) >= 11 is 0. The monoisotopic (exact) mass is 288 g/mol. The molecule has 0 saturated carbocycles. The van der Waals surface area contributed by atoms with E-state index in [9.17, 15) is 0 Å². The largest absolute Gasteiger partial charge is 0.369 e. The zero-order chi connectivity index (χ0) is 15.1. The van der Waals surface area contributed by atoms with Gasteiger partial charge in [0.25, 0.3) is 0 Å². The molecule has 0 fully saturated rings. The average Bonchev–Trinajstić information content (AvgIpc) is 2.48. The third kappa shape index (κ3) is 5.03. The number of fused-ring (bicyclic) bond motifs is 1. The van der Waals surface area contributed by atoms with Crippen molar-refractivity contribution in [2.24, 2.45) is 0 Å². The van der Waals surface area contributed by atoms with Crippen LogP contribution in [0.4, 0.5) is 5.69 Å². The van der Waals surface area contributed by atoms with Crippen molar-refractivity contribution in [2.45, 2.75) is 71.4 Å². The molecule has 2 nitrogen and oxygen atoms in total. The lowest BCUT2D eigenvalue weighted by Crippen LogP contribution is -2.38. The smallest absolute Gasteiger partial charge is 0.0401 e. The molecule has 0 aliphatic carbocycles. The quantitative estimate of drug-likeness (QED) is 0.714. The van der Waals surface area contributed by atoms with Crippen molar-refractivity contribution in [2.75, 3.05) is 18.0 Å². The first-order valence-corrected chi connectivity index (χ1v) is 8.76. The van der Waals surface area contributed by atoms with Gasteiger partial charge >= 0.3 is 0 Å². The van der Waals surface area contributed by atoms with Crippen LogP contribution < -0.4 is 10.2 Å². The summed E-state index contributed by atoms with van der Waals surface area (Å²) in [6.45, 7) is 9.20. The molecule has 1 aliphatic heterocycles. The highest BCUT2D eigenvalue weighted by molar-refractivity contribution is 5.56. The third-order valence-corrected chi connectivity index (χ3v) is 4.54. The summed E-state index contributed by atoms with van der Waals surface area (Å²) in [5.41, 5.74) is 3.02. The molecule has 0 bridgehead atoms. The van der Waals surface area contributed by atoms with Crippen LogP contribution in [-0.4, -0.2) is 25.2 Å². The minimum absolute atomic E-state index is 0.621. The Kier molecular flexibility index (Phi) is 6.56. The Balaban J connectivity index is 1.71. The molecule has 0 amide bonds. The van der Waals surface area contributed by atoms with Crippen LogP contribution in [0.2, 0.25) is 0 Å². The summed E-state index contributed by atoms with van der Waals surface area (Å²) in [7, 11) is 0. The first kappa shape index (κ1) is 16.4. The zero-order valence-corrected chi connectivity index (χ0v) is 14.1. The molecular weight excluding hydrogens is 256 g/mol. The van der Waals surface area contributed by atoms with Gasteiger partial charge < -0.3 is 10.2 Å². The van der Waals surface area contributed by atoms with Crippen molar-refractivity contribution in [3.63, 3.8) is 0 Å². The van der Waals surface area contributed by atoms with Gasteiger partial charge in [-0.3, -0.25) is 0 Å². The van der Waals surface area contributed by atoms with E-state index < -0.39 is 0 Å². The number of aryl methyl sites for hydroxylation is 1. The molecule has 0 radical (unpaired) electrons. The van der Waals surface area contributed by atoms with Gasteiger partial charge in [0.1, 0.15) is 0 Å². The number of benzene rings is 1. The Morgan fingerprint density at radius 1 is 1.14 bits per heavy atom. The molecule has 1 aromatic carbocycles. The Morgan fingerprint density at radius 2 is 1.90 bits per heavy atom. The van der Waals surface area contributed by atoms with E-state index in [4.69, 9.17) is 0 Å². The van der Waals surface area contributed by atoms with Crippen LogP contribution in [0.1, 0.15) is 58.4 Å². The van der Waals surface area contributed by atoms with E-state index in [0.717, 1.165) is 0 Å². The molecular formula is C19H32N2. The molecule has 0 saturated heterocycles. The summed E-state index contributed by atoms with van der Waals surface area (Å²) in [5.74, 6) is 0. The standard InChI is InChI=1S/C19H32N2/c1-16(2)20-14-8-4-5-9-15-21-17(3)12-13-18-10-6-7-11-19(18)21/h6-7,10-11,16-17,20H,4-5,8-9,12-15H2,1-3H3. The van der Waals surface area contributed by atoms with E-state index in [2.05, 4.69) is 55.3 Å². The Labute approximate surface area is 130 Å². The van der Waals surface area contributed by atoms with Crippen LogP contribution in [0.5, 0.6) is 0 Å². The lowest BCUT2D eigenvalue weighted by molar-refractivity contribution is 0.519. The highest BCUT2D eigenvalue weighted by Gasteiger charge is 2.21.